The minimum atomic E-state index is -0.147. The summed E-state index contributed by atoms with van der Waals surface area (Å²) in [6.07, 6.45) is 2.86. The smallest absolute Gasteiger partial charge is 0.227 e. The van der Waals surface area contributed by atoms with Gasteiger partial charge in [0.05, 0.1) is 17.6 Å². The lowest BCUT2D eigenvalue weighted by Gasteiger charge is -2.25. The molecule has 0 spiro atoms. The minimum Gasteiger partial charge on any atom is -0.489 e. The number of benzene rings is 4. The summed E-state index contributed by atoms with van der Waals surface area (Å²) in [5.74, 6) is 0.709. The van der Waals surface area contributed by atoms with Gasteiger partial charge < -0.3 is 10.1 Å². The molecule has 0 saturated heterocycles. The second-order valence-electron chi connectivity index (χ2n) is 8.81. The van der Waals surface area contributed by atoms with Gasteiger partial charge in [-0.25, -0.2) is 0 Å². The summed E-state index contributed by atoms with van der Waals surface area (Å²) >= 11 is 0. The molecule has 4 nitrogen and oxygen atoms in total. The van der Waals surface area contributed by atoms with Crippen LogP contribution in [0.3, 0.4) is 0 Å². The number of hydrogen-bond acceptors (Lipinski definition) is 3. The molecule has 1 atom stereocenters. The van der Waals surface area contributed by atoms with Crippen LogP contribution in [0.25, 0.3) is 10.8 Å². The minimum absolute atomic E-state index is 0.0771. The molecule has 0 aliphatic heterocycles. The van der Waals surface area contributed by atoms with Gasteiger partial charge >= 0.3 is 0 Å². The molecule has 0 radical (unpaired) electrons. The molecule has 1 N–H and O–H groups in total. The van der Waals surface area contributed by atoms with E-state index in [-0.39, 0.29) is 11.8 Å². The van der Waals surface area contributed by atoms with Crippen LogP contribution >= 0.6 is 0 Å². The van der Waals surface area contributed by atoms with Gasteiger partial charge in [-0.3, -0.25) is 4.79 Å². The first kappa shape index (κ1) is 21.7. The first-order valence-corrected chi connectivity index (χ1v) is 11.7. The number of amides is 1. The van der Waals surface area contributed by atoms with Gasteiger partial charge in [0, 0.05) is 6.54 Å². The molecule has 1 amide bonds. The van der Waals surface area contributed by atoms with Gasteiger partial charge in [-0.1, -0.05) is 54.6 Å². The summed E-state index contributed by atoms with van der Waals surface area (Å²) in [4.78, 5) is 13.0. The van der Waals surface area contributed by atoms with E-state index >= 15 is 0 Å². The third-order valence-corrected chi connectivity index (χ3v) is 6.50. The quantitative estimate of drug-likeness (QED) is 0.394. The maximum atomic E-state index is 13.0. The SMILES string of the molecule is N#Cc1ccc2cc(COc3ccc4c(c3)C(C(=O)NCc3ccccc3)CCC4)ccc2c1. The monoisotopic (exact) mass is 446 g/mol. The summed E-state index contributed by atoms with van der Waals surface area (Å²) in [5, 5.41) is 14.3. The van der Waals surface area contributed by atoms with Gasteiger partial charge in [-0.15, -0.1) is 0 Å². The molecule has 0 aromatic heterocycles. The van der Waals surface area contributed by atoms with Crippen LogP contribution in [0.15, 0.2) is 84.9 Å². The van der Waals surface area contributed by atoms with E-state index in [0.29, 0.717) is 18.7 Å². The molecule has 4 heteroatoms. The Morgan fingerprint density at radius 3 is 2.62 bits per heavy atom. The number of hydrogen-bond donors (Lipinski definition) is 1. The highest BCUT2D eigenvalue weighted by Gasteiger charge is 2.26. The molecular weight excluding hydrogens is 420 g/mol. The van der Waals surface area contributed by atoms with Crippen LogP contribution in [0.2, 0.25) is 0 Å². The topological polar surface area (TPSA) is 62.1 Å². The maximum Gasteiger partial charge on any atom is 0.227 e. The average Bonchev–Trinajstić information content (AvgIpc) is 2.90. The Morgan fingerprint density at radius 1 is 0.941 bits per heavy atom. The second kappa shape index (κ2) is 9.80. The number of carbonyl (C=O) groups is 1. The van der Waals surface area contributed by atoms with E-state index in [1.165, 1.54) is 5.56 Å². The number of rotatable bonds is 6. The van der Waals surface area contributed by atoms with Crippen LogP contribution in [0.1, 0.15) is 46.6 Å². The number of nitriles is 1. The van der Waals surface area contributed by atoms with Crippen molar-refractivity contribution in [2.24, 2.45) is 0 Å². The van der Waals surface area contributed by atoms with Crippen LogP contribution in [0.5, 0.6) is 5.75 Å². The van der Waals surface area contributed by atoms with Gasteiger partial charge in [0.15, 0.2) is 0 Å². The molecule has 0 saturated carbocycles. The van der Waals surface area contributed by atoms with E-state index < -0.39 is 0 Å². The Hall–Kier alpha value is -4.10. The third-order valence-electron chi connectivity index (χ3n) is 6.50. The van der Waals surface area contributed by atoms with Crippen LogP contribution in [-0.4, -0.2) is 5.91 Å². The van der Waals surface area contributed by atoms with Crippen molar-refractivity contribution < 1.29 is 9.53 Å². The highest BCUT2D eigenvalue weighted by Crippen LogP contribution is 2.34. The van der Waals surface area contributed by atoms with Crippen molar-refractivity contribution in [3.05, 3.63) is 113 Å². The molecule has 5 rings (SSSR count). The number of carbonyl (C=O) groups excluding carboxylic acids is 1. The molecule has 0 heterocycles. The van der Waals surface area contributed by atoms with Gasteiger partial charge in [0.25, 0.3) is 0 Å². The molecule has 4 aromatic rings. The van der Waals surface area contributed by atoms with E-state index in [4.69, 9.17) is 10.00 Å². The fraction of sp³-hybridized carbons (Fsp3) is 0.200. The third kappa shape index (κ3) is 4.79. The van der Waals surface area contributed by atoms with Crippen LogP contribution in [0, 0.1) is 11.3 Å². The molecule has 1 aliphatic rings. The molecule has 0 bridgehead atoms. The highest BCUT2D eigenvalue weighted by atomic mass is 16.5. The Balaban J connectivity index is 1.28. The van der Waals surface area contributed by atoms with Crippen LogP contribution < -0.4 is 10.1 Å². The van der Waals surface area contributed by atoms with Gasteiger partial charge in [0.1, 0.15) is 12.4 Å². The van der Waals surface area contributed by atoms with Gasteiger partial charge in [-0.05, 0) is 82.6 Å². The van der Waals surface area contributed by atoms with Crippen molar-refractivity contribution in [2.45, 2.75) is 38.3 Å². The molecule has 4 aromatic carbocycles. The zero-order valence-corrected chi connectivity index (χ0v) is 19.0. The molecule has 34 heavy (non-hydrogen) atoms. The Morgan fingerprint density at radius 2 is 1.76 bits per heavy atom. The van der Waals surface area contributed by atoms with Crippen molar-refractivity contribution in [2.75, 3.05) is 0 Å². The van der Waals surface area contributed by atoms with E-state index in [1.807, 2.05) is 72.8 Å². The van der Waals surface area contributed by atoms with Gasteiger partial charge in [-0.2, -0.15) is 5.26 Å². The summed E-state index contributed by atoms with van der Waals surface area (Å²) in [6, 6.07) is 30.2. The van der Waals surface area contributed by atoms with Crippen molar-refractivity contribution in [3.63, 3.8) is 0 Å². The number of aryl methyl sites for hydroxylation is 1. The maximum absolute atomic E-state index is 13.0. The first-order valence-electron chi connectivity index (χ1n) is 11.7. The van der Waals surface area contributed by atoms with E-state index in [0.717, 1.165) is 52.5 Å². The van der Waals surface area contributed by atoms with E-state index in [9.17, 15) is 4.79 Å². The van der Waals surface area contributed by atoms with E-state index in [1.54, 1.807) is 0 Å². The van der Waals surface area contributed by atoms with Gasteiger partial charge in [0.2, 0.25) is 5.91 Å². The van der Waals surface area contributed by atoms with Crippen molar-refractivity contribution in [1.82, 2.24) is 5.32 Å². The number of ether oxygens (including phenoxy) is 1. The largest absolute Gasteiger partial charge is 0.489 e. The lowest BCUT2D eigenvalue weighted by molar-refractivity contribution is -0.123. The zero-order valence-electron chi connectivity index (χ0n) is 19.0. The summed E-state index contributed by atoms with van der Waals surface area (Å²) < 4.78 is 6.13. The van der Waals surface area contributed by atoms with Crippen molar-refractivity contribution >= 4 is 16.7 Å². The average molecular weight is 447 g/mol. The Kier molecular flexibility index (Phi) is 6.27. The van der Waals surface area contributed by atoms with E-state index in [2.05, 4.69) is 23.5 Å². The van der Waals surface area contributed by atoms with Crippen LogP contribution in [-0.2, 0) is 24.4 Å². The number of fused-ring (bicyclic) bond motifs is 2. The molecule has 0 fully saturated rings. The number of nitrogens with one attached hydrogen (secondary N) is 1. The Bertz CT molecular complexity index is 1370. The molecule has 168 valence electrons. The lowest BCUT2D eigenvalue weighted by Crippen LogP contribution is -2.31. The fourth-order valence-corrected chi connectivity index (χ4v) is 4.67. The molecule has 1 unspecified atom stereocenters. The predicted molar refractivity (Wildman–Crippen MR) is 133 cm³/mol. The fourth-order valence-electron chi connectivity index (χ4n) is 4.67. The number of nitrogens with zero attached hydrogens (tertiary/aromatic N) is 1. The van der Waals surface area contributed by atoms with Crippen molar-refractivity contribution in [1.29, 1.82) is 5.26 Å². The molecular formula is C30H26N2O2. The van der Waals surface area contributed by atoms with Crippen LogP contribution in [0.4, 0.5) is 0 Å². The highest BCUT2D eigenvalue weighted by molar-refractivity contribution is 5.85. The zero-order chi connectivity index (χ0) is 23.3. The standard InChI is InChI=1S/C30H26N2O2/c31-18-22-9-11-26-16-23(10-12-25(26)15-22)20-34-27-14-13-24-7-4-8-28(29(24)17-27)30(33)32-19-21-5-2-1-3-6-21/h1-3,5-6,9-17,28H,4,7-8,19-20H2,(H,32,33). The summed E-state index contributed by atoms with van der Waals surface area (Å²) in [5.41, 5.74) is 5.14. The Labute approximate surface area is 199 Å². The molecule has 1 aliphatic carbocycles. The predicted octanol–water partition coefficient (Wildman–Crippen LogP) is 6.03. The van der Waals surface area contributed by atoms with Crippen molar-refractivity contribution in [3.8, 4) is 11.8 Å². The normalized spacial score (nSPS) is 14.7. The first-order chi connectivity index (χ1) is 16.7. The lowest BCUT2D eigenvalue weighted by atomic mass is 9.82. The summed E-state index contributed by atoms with van der Waals surface area (Å²) in [6.45, 7) is 0.985. The summed E-state index contributed by atoms with van der Waals surface area (Å²) in [7, 11) is 0. The second-order valence-corrected chi connectivity index (χ2v) is 8.81.